The predicted octanol–water partition coefficient (Wildman–Crippen LogP) is 3.48. The van der Waals surface area contributed by atoms with Gasteiger partial charge in [0.15, 0.2) is 0 Å². The summed E-state index contributed by atoms with van der Waals surface area (Å²) in [5.74, 6) is 0.00155. The van der Waals surface area contributed by atoms with Gasteiger partial charge in [-0.2, -0.15) is 13.2 Å². The van der Waals surface area contributed by atoms with Gasteiger partial charge in [-0.15, -0.1) is 0 Å². The molecule has 0 bridgehead atoms. The first-order chi connectivity index (χ1) is 8.91. The molecule has 0 aliphatic rings. The van der Waals surface area contributed by atoms with E-state index in [0.717, 1.165) is 6.07 Å². The average Bonchev–Trinajstić information content (AvgIpc) is 2.37. The van der Waals surface area contributed by atoms with Crippen molar-refractivity contribution in [3.8, 4) is 22.6 Å². The molecule has 0 unspecified atom stereocenters. The molecule has 2 aromatic rings. The Morgan fingerprint density at radius 3 is 2.47 bits per heavy atom. The molecule has 1 aromatic carbocycles. The number of rotatable bonds is 2. The molecule has 1 aromatic heterocycles. The third-order valence-corrected chi connectivity index (χ3v) is 2.58. The van der Waals surface area contributed by atoms with Crippen molar-refractivity contribution < 1.29 is 23.0 Å². The molecule has 0 saturated heterocycles. The standard InChI is InChI=1S/C13H10F3NO2/c1-19-10-4-8(6-17-7-10)11-3-2-9(5-12(11)18)13(14,15)16/h2-7,18H,1H3. The quantitative estimate of drug-likeness (QED) is 0.907. The smallest absolute Gasteiger partial charge is 0.416 e. The number of pyridine rings is 1. The summed E-state index contributed by atoms with van der Waals surface area (Å²) >= 11 is 0. The van der Waals surface area contributed by atoms with Crippen molar-refractivity contribution >= 4 is 0 Å². The zero-order valence-electron chi connectivity index (χ0n) is 9.90. The number of hydrogen-bond acceptors (Lipinski definition) is 3. The van der Waals surface area contributed by atoms with E-state index in [1.54, 1.807) is 6.07 Å². The Kier molecular flexibility index (Phi) is 3.33. The van der Waals surface area contributed by atoms with E-state index in [1.165, 1.54) is 25.6 Å². The lowest BCUT2D eigenvalue weighted by Gasteiger charge is -2.10. The number of phenolic OH excluding ortho intramolecular Hbond substituents is 1. The van der Waals surface area contributed by atoms with Crippen molar-refractivity contribution in [1.82, 2.24) is 4.98 Å². The number of phenols is 1. The number of alkyl halides is 3. The van der Waals surface area contributed by atoms with E-state index in [-0.39, 0.29) is 5.56 Å². The Bertz CT molecular complexity index is 597. The largest absolute Gasteiger partial charge is 0.507 e. The number of nitrogens with zero attached hydrogens (tertiary/aromatic N) is 1. The van der Waals surface area contributed by atoms with Gasteiger partial charge in [0.25, 0.3) is 0 Å². The molecule has 0 aliphatic carbocycles. The van der Waals surface area contributed by atoms with Crippen molar-refractivity contribution in [3.63, 3.8) is 0 Å². The van der Waals surface area contributed by atoms with Crippen LogP contribution in [0.1, 0.15) is 5.56 Å². The van der Waals surface area contributed by atoms with Gasteiger partial charge in [0, 0.05) is 17.3 Å². The molecule has 0 aliphatic heterocycles. The van der Waals surface area contributed by atoms with Crippen LogP contribution in [0, 0.1) is 0 Å². The van der Waals surface area contributed by atoms with Crippen LogP contribution in [0.25, 0.3) is 11.1 Å². The van der Waals surface area contributed by atoms with Gasteiger partial charge in [0.1, 0.15) is 11.5 Å². The number of aromatic nitrogens is 1. The average molecular weight is 269 g/mol. The van der Waals surface area contributed by atoms with Crippen LogP contribution in [0.4, 0.5) is 13.2 Å². The Morgan fingerprint density at radius 1 is 1.16 bits per heavy atom. The SMILES string of the molecule is COc1cncc(-c2ccc(C(F)(F)F)cc2O)c1. The van der Waals surface area contributed by atoms with Crippen LogP contribution in [-0.2, 0) is 6.18 Å². The Balaban J connectivity index is 2.46. The van der Waals surface area contributed by atoms with Gasteiger partial charge >= 0.3 is 6.18 Å². The van der Waals surface area contributed by atoms with Gasteiger partial charge in [-0.1, -0.05) is 6.07 Å². The molecule has 6 heteroatoms. The van der Waals surface area contributed by atoms with Crippen LogP contribution in [0.2, 0.25) is 0 Å². The summed E-state index contributed by atoms with van der Waals surface area (Å²) < 4.78 is 42.4. The van der Waals surface area contributed by atoms with Gasteiger partial charge in [0.05, 0.1) is 18.9 Å². The minimum Gasteiger partial charge on any atom is -0.507 e. The summed E-state index contributed by atoms with van der Waals surface area (Å²) in [4.78, 5) is 3.89. The monoisotopic (exact) mass is 269 g/mol. The van der Waals surface area contributed by atoms with E-state index < -0.39 is 17.5 Å². The van der Waals surface area contributed by atoms with Crippen molar-refractivity contribution in [2.75, 3.05) is 7.11 Å². The molecule has 0 amide bonds. The normalized spacial score (nSPS) is 11.4. The fourth-order valence-electron chi connectivity index (χ4n) is 1.63. The van der Waals surface area contributed by atoms with Crippen LogP contribution in [0.5, 0.6) is 11.5 Å². The van der Waals surface area contributed by atoms with E-state index in [0.29, 0.717) is 17.4 Å². The number of halogens is 3. The fraction of sp³-hybridized carbons (Fsp3) is 0.154. The molecule has 0 radical (unpaired) electrons. The lowest BCUT2D eigenvalue weighted by molar-refractivity contribution is -0.137. The highest BCUT2D eigenvalue weighted by molar-refractivity contribution is 5.70. The molecule has 0 spiro atoms. The second-order valence-electron chi connectivity index (χ2n) is 3.84. The maximum Gasteiger partial charge on any atom is 0.416 e. The number of ether oxygens (including phenoxy) is 1. The molecule has 0 atom stereocenters. The van der Waals surface area contributed by atoms with Gasteiger partial charge in [-0.3, -0.25) is 4.98 Å². The summed E-state index contributed by atoms with van der Waals surface area (Å²) in [7, 11) is 1.45. The molecular weight excluding hydrogens is 259 g/mol. The second kappa shape index (κ2) is 4.79. The Labute approximate surface area is 107 Å². The summed E-state index contributed by atoms with van der Waals surface area (Å²) in [6.45, 7) is 0. The lowest BCUT2D eigenvalue weighted by atomic mass is 10.0. The van der Waals surface area contributed by atoms with E-state index in [4.69, 9.17) is 4.74 Å². The molecule has 100 valence electrons. The molecule has 1 N–H and O–H groups in total. The van der Waals surface area contributed by atoms with E-state index in [9.17, 15) is 18.3 Å². The molecule has 2 rings (SSSR count). The van der Waals surface area contributed by atoms with E-state index in [1.807, 2.05) is 0 Å². The first kappa shape index (κ1) is 13.2. The first-order valence-corrected chi connectivity index (χ1v) is 5.31. The molecule has 0 saturated carbocycles. The number of hydrogen-bond donors (Lipinski definition) is 1. The van der Waals surface area contributed by atoms with Gasteiger partial charge in [-0.05, 0) is 18.2 Å². The molecule has 0 fully saturated rings. The van der Waals surface area contributed by atoms with Crippen LogP contribution < -0.4 is 4.74 Å². The minimum atomic E-state index is -4.48. The summed E-state index contributed by atoms with van der Waals surface area (Å²) in [5, 5.41) is 9.70. The Hall–Kier alpha value is -2.24. The fourth-order valence-corrected chi connectivity index (χ4v) is 1.63. The third-order valence-electron chi connectivity index (χ3n) is 2.58. The summed E-state index contributed by atoms with van der Waals surface area (Å²) in [6, 6.07) is 4.38. The zero-order valence-corrected chi connectivity index (χ0v) is 9.90. The number of methoxy groups -OCH3 is 1. The van der Waals surface area contributed by atoms with Gasteiger partial charge < -0.3 is 9.84 Å². The number of aromatic hydroxyl groups is 1. The molecule has 1 heterocycles. The van der Waals surface area contributed by atoms with Crippen LogP contribution in [0.15, 0.2) is 36.7 Å². The molecule has 19 heavy (non-hydrogen) atoms. The predicted molar refractivity (Wildman–Crippen MR) is 62.9 cm³/mol. The summed E-state index contributed by atoms with van der Waals surface area (Å²) in [6.07, 6.45) is -1.59. The summed E-state index contributed by atoms with van der Waals surface area (Å²) in [5.41, 5.74) is -0.158. The van der Waals surface area contributed by atoms with Crippen molar-refractivity contribution in [2.45, 2.75) is 6.18 Å². The van der Waals surface area contributed by atoms with E-state index in [2.05, 4.69) is 4.98 Å². The van der Waals surface area contributed by atoms with E-state index >= 15 is 0 Å². The van der Waals surface area contributed by atoms with Crippen molar-refractivity contribution in [2.24, 2.45) is 0 Å². The lowest BCUT2D eigenvalue weighted by Crippen LogP contribution is -2.04. The zero-order chi connectivity index (χ0) is 14.0. The maximum absolute atomic E-state index is 12.5. The topological polar surface area (TPSA) is 42.4 Å². The van der Waals surface area contributed by atoms with Crippen LogP contribution in [0.3, 0.4) is 0 Å². The van der Waals surface area contributed by atoms with Gasteiger partial charge in [0.2, 0.25) is 0 Å². The maximum atomic E-state index is 12.5. The first-order valence-electron chi connectivity index (χ1n) is 5.31. The molecular formula is C13H10F3NO2. The Morgan fingerprint density at radius 2 is 1.89 bits per heavy atom. The second-order valence-corrected chi connectivity index (χ2v) is 3.84. The van der Waals surface area contributed by atoms with Crippen LogP contribution in [-0.4, -0.2) is 17.2 Å². The van der Waals surface area contributed by atoms with Crippen molar-refractivity contribution in [1.29, 1.82) is 0 Å². The van der Waals surface area contributed by atoms with Crippen molar-refractivity contribution in [3.05, 3.63) is 42.2 Å². The highest BCUT2D eigenvalue weighted by Gasteiger charge is 2.31. The third kappa shape index (κ3) is 2.78. The van der Waals surface area contributed by atoms with Gasteiger partial charge in [-0.25, -0.2) is 0 Å². The highest BCUT2D eigenvalue weighted by Crippen LogP contribution is 2.36. The highest BCUT2D eigenvalue weighted by atomic mass is 19.4. The van der Waals surface area contributed by atoms with Crippen LogP contribution >= 0.6 is 0 Å². The number of benzene rings is 1. The minimum absolute atomic E-state index is 0.263. The molecule has 3 nitrogen and oxygen atoms in total.